The van der Waals surface area contributed by atoms with Crippen LogP contribution in [0.4, 0.5) is 5.82 Å². The molecule has 0 spiro atoms. The highest BCUT2D eigenvalue weighted by molar-refractivity contribution is 6.35. The highest BCUT2D eigenvalue weighted by Crippen LogP contribution is 2.36. The lowest BCUT2D eigenvalue weighted by atomic mass is 9.80. The van der Waals surface area contributed by atoms with Crippen molar-refractivity contribution >= 4 is 40.2 Å². The van der Waals surface area contributed by atoms with Crippen molar-refractivity contribution in [2.45, 2.75) is 44.7 Å². The molecule has 0 radical (unpaired) electrons. The standard InChI is InChI=1S/C27H31Cl2N7O/c1-17(22-5-4-20(28)11-23(22)29)36-27-26(24(12-30)33-36)31-13-25(32-27)35-15-19(16-35)18-3-2-8-34(14-18)21-6-9-37-10-7-21/h4-5,11,13,17-19,21H,2-3,6-10,14-16H2,1H3/t17?,18-/m1/s1. The quantitative estimate of drug-likeness (QED) is 0.453. The minimum atomic E-state index is -0.235. The number of ether oxygens (including phenoxy) is 1. The van der Waals surface area contributed by atoms with Gasteiger partial charge >= 0.3 is 0 Å². The number of aromatic nitrogens is 4. The summed E-state index contributed by atoms with van der Waals surface area (Å²) in [5, 5.41) is 15.3. The van der Waals surface area contributed by atoms with E-state index >= 15 is 0 Å². The molecule has 194 valence electrons. The minimum Gasteiger partial charge on any atom is -0.381 e. The maximum absolute atomic E-state index is 9.66. The summed E-state index contributed by atoms with van der Waals surface area (Å²) in [4.78, 5) is 14.6. The van der Waals surface area contributed by atoms with Gasteiger partial charge in [0.2, 0.25) is 0 Å². The number of rotatable bonds is 5. The Labute approximate surface area is 227 Å². The highest BCUT2D eigenvalue weighted by Gasteiger charge is 2.38. The molecule has 0 bridgehead atoms. The third kappa shape index (κ3) is 4.79. The molecule has 5 heterocycles. The van der Waals surface area contributed by atoms with Crippen LogP contribution in [0, 0.1) is 23.2 Å². The molecule has 37 heavy (non-hydrogen) atoms. The molecule has 3 aromatic rings. The van der Waals surface area contributed by atoms with E-state index in [0.29, 0.717) is 33.2 Å². The summed E-state index contributed by atoms with van der Waals surface area (Å²) in [6.07, 6.45) is 6.70. The van der Waals surface area contributed by atoms with Crippen LogP contribution in [0.15, 0.2) is 24.4 Å². The molecule has 2 aromatic heterocycles. The van der Waals surface area contributed by atoms with Crippen LogP contribution < -0.4 is 4.90 Å². The van der Waals surface area contributed by atoms with Crippen LogP contribution in [0.5, 0.6) is 0 Å². The van der Waals surface area contributed by atoms with E-state index in [2.05, 4.69) is 26.0 Å². The fraction of sp³-hybridized carbons (Fsp3) is 0.556. The maximum Gasteiger partial charge on any atom is 0.190 e. The SMILES string of the molecule is CC(c1ccc(Cl)cc1Cl)n1nc(C#N)c2ncc(N3CC([C@@H]4CCCN(C5CCOCC5)C4)C3)nc21. The van der Waals surface area contributed by atoms with Gasteiger partial charge in [0.05, 0.1) is 12.2 Å². The molecule has 0 N–H and O–H groups in total. The van der Waals surface area contributed by atoms with Gasteiger partial charge in [0.25, 0.3) is 0 Å². The molecule has 0 aliphatic carbocycles. The fourth-order valence-electron chi connectivity index (χ4n) is 6.17. The topological polar surface area (TPSA) is 83.1 Å². The van der Waals surface area contributed by atoms with Gasteiger partial charge in [-0.1, -0.05) is 29.3 Å². The molecule has 3 aliphatic heterocycles. The average Bonchev–Trinajstić information content (AvgIpc) is 3.26. The van der Waals surface area contributed by atoms with Crippen LogP contribution in [-0.4, -0.2) is 70.1 Å². The van der Waals surface area contributed by atoms with Gasteiger partial charge in [-0.15, -0.1) is 0 Å². The van der Waals surface area contributed by atoms with Crippen molar-refractivity contribution in [1.29, 1.82) is 5.26 Å². The molecule has 6 rings (SSSR count). The average molecular weight is 540 g/mol. The molecule has 10 heteroatoms. The monoisotopic (exact) mass is 539 g/mol. The van der Waals surface area contributed by atoms with Crippen molar-refractivity contribution in [1.82, 2.24) is 24.6 Å². The molecular weight excluding hydrogens is 509 g/mol. The molecule has 8 nitrogen and oxygen atoms in total. The molecule has 3 saturated heterocycles. The van der Waals surface area contributed by atoms with E-state index in [1.54, 1.807) is 16.9 Å². The second-order valence-corrected chi connectivity index (χ2v) is 11.4. The van der Waals surface area contributed by atoms with Gasteiger partial charge in [-0.2, -0.15) is 10.4 Å². The summed E-state index contributed by atoms with van der Waals surface area (Å²) in [6.45, 7) is 8.19. The fourth-order valence-corrected chi connectivity index (χ4v) is 6.74. The Balaban J connectivity index is 1.19. The number of hydrogen-bond donors (Lipinski definition) is 0. The van der Waals surface area contributed by atoms with Crippen molar-refractivity contribution < 1.29 is 4.74 Å². The molecule has 3 aliphatic rings. The molecule has 1 unspecified atom stereocenters. The third-order valence-corrected chi connectivity index (χ3v) is 8.94. The smallest absolute Gasteiger partial charge is 0.190 e. The maximum atomic E-state index is 9.66. The van der Waals surface area contributed by atoms with Crippen LogP contribution in [0.3, 0.4) is 0 Å². The number of fused-ring (bicyclic) bond motifs is 1. The van der Waals surface area contributed by atoms with Gasteiger partial charge < -0.3 is 9.64 Å². The van der Waals surface area contributed by atoms with Crippen LogP contribution in [-0.2, 0) is 4.74 Å². The van der Waals surface area contributed by atoms with E-state index in [0.717, 1.165) is 56.4 Å². The first-order valence-electron chi connectivity index (χ1n) is 13.2. The molecular formula is C27H31Cl2N7O. The van der Waals surface area contributed by atoms with E-state index in [1.165, 1.54) is 25.9 Å². The number of nitriles is 1. The van der Waals surface area contributed by atoms with Crippen molar-refractivity contribution in [3.63, 3.8) is 0 Å². The summed E-state index contributed by atoms with van der Waals surface area (Å²) < 4.78 is 7.33. The Hall–Kier alpha value is -2.44. The number of piperidine rings is 1. The summed E-state index contributed by atoms with van der Waals surface area (Å²) >= 11 is 12.6. The summed E-state index contributed by atoms with van der Waals surface area (Å²) in [6, 6.07) is 8.03. The van der Waals surface area contributed by atoms with Crippen molar-refractivity contribution in [3.05, 3.63) is 45.7 Å². The number of likely N-dealkylation sites (tertiary alicyclic amines) is 1. The minimum absolute atomic E-state index is 0.235. The van der Waals surface area contributed by atoms with Crippen LogP contribution >= 0.6 is 23.2 Å². The normalized spacial score (nSPS) is 22.6. The predicted octanol–water partition coefficient (Wildman–Crippen LogP) is 4.94. The van der Waals surface area contributed by atoms with E-state index < -0.39 is 0 Å². The number of benzene rings is 1. The first-order chi connectivity index (χ1) is 18.0. The summed E-state index contributed by atoms with van der Waals surface area (Å²) in [5.74, 6) is 2.24. The lowest BCUT2D eigenvalue weighted by molar-refractivity contribution is 0.00872. The Morgan fingerprint density at radius 1 is 1.11 bits per heavy atom. The van der Waals surface area contributed by atoms with Crippen LogP contribution in [0.25, 0.3) is 11.2 Å². The van der Waals surface area contributed by atoms with Crippen molar-refractivity contribution in [2.75, 3.05) is 44.3 Å². The van der Waals surface area contributed by atoms with E-state index in [1.807, 2.05) is 19.1 Å². The van der Waals surface area contributed by atoms with Crippen LogP contribution in [0.2, 0.25) is 10.0 Å². The Morgan fingerprint density at radius 2 is 1.92 bits per heavy atom. The molecule has 1 aromatic carbocycles. The van der Waals surface area contributed by atoms with Gasteiger partial charge in [0, 0.05) is 48.9 Å². The first-order valence-corrected chi connectivity index (χ1v) is 13.9. The Bertz CT molecular complexity index is 1330. The Kier molecular flexibility index (Phi) is 6.97. The zero-order valence-electron chi connectivity index (χ0n) is 21.0. The van der Waals surface area contributed by atoms with E-state index in [-0.39, 0.29) is 11.7 Å². The molecule has 0 saturated carbocycles. The Morgan fingerprint density at radius 3 is 2.68 bits per heavy atom. The predicted molar refractivity (Wildman–Crippen MR) is 144 cm³/mol. The van der Waals surface area contributed by atoms with E-state index in [4.69, 9.17) is 32.9 Å². The zero-order valence-corrected chi connectivity index (χ0v) is 22.5. The third-order valence-electron chi connectivity index (χ3n) is 8.37. The summed E-state index contributed by atoms with van der Waals surface area (Å²) in [7, 11) is 0. The number of halogens is 2. The van der Waals surface area contributed by atoms with Crippen molar-refractivity contribution in [3.8, 4) is 6.07 Å². The summed E-state index contributed by atoms with van der Waals surface area (Å²) in [5.41, 5.74) is 2.24. The second-order valence-electron chi connectivity index (χ2n) is 10.6. The number of hydrogen-bond acceptors (Lipinski definition) is 7. The largest absolute Gasteiger partial charge is 0.381 e. The van der Waals surface area contributed by atoms with Gasteiger partial charge in [-0.3, -0.25) is 4.90 Å². The van der Waals surface area contributed by atoms with Crippen molar-refractivity contribution in [2.24, 2.45) is 11.8 Å². The second kappa shape index (κ2) is 10.4. The van der Waals surface area contributed by atoms with E-state index in [9.17, 15) is 5.26 Å². The molecule has 0 amide bonds. The zero-order chi connectivity index (χ0) is 25.5. The lowest BCUT2D eigenvalue weighted by Crippen LogP contribution is -2.55. The first kappa shape index (κ1) is 24.9. The number of anilines is 1. The van der Waals surface area contributed by atoms with Gasteiger partial charge in [-0.05, 0) is 68.7 Å². The van der Waals surface area contributed by atoms with Gasteiger partial charge in [0.15, 0.2) is 11.3 Å². The van der Waals surface area contributed by atoms with Gasteiger partial charge in [-0.25, -0.2) is 14.6 Å². The van der Waals surface area contributed by atoms with Crippen LogP contribution in [0.1, 0.15) is 49.9 Å². The number of nitrogens with zero attached hydrogens (tertiary/aromatic N) is 7. The van der Waals surface area contributed by atoms with Gasteiger partial charge in [0.1, 0.15) is 17.4 Å². The molecule has 2 atom stereocenters. The molecule has 3 fully saturated rings. The highest BCUT2D eigenvalue weighted by atomic mass is 35.5. The lowest BCUT2D eigenvalue weighted by Gasteiger charge is -2.48.